The van der Waals surface area contributed by atoms with Crippen LogP contribution < -0.4 is 5.73 Å². The second-order valence-electron chi connectivity index (χ2n) is 4.25. The second kappa shape index (κ2) is 4.52. The molecule has 1 heterocycles. The molecular weight excluding hydrogens is 263 g/mol. The number of nitrogens with zero attached hydrogens (tertiary/aromatic N) is 1. The fourth-order valence-electron chi connectivity index (χ4n) is 2.03. The van der Waals surface area contributed by atoms with E-state index in [1.807, 2.05) is 30.3 Å². The Labute approximate surface area is 114 Å². The first kappa shape index (κ1) is 11.9. The smallest absolute Gasteiger partial charge is 0.151 e. The number of hydrogen-bond acceptors (Lipinski definition) is 2. The minimum absolute atomic E-state index is 0.239. The molecule has 0 saturated heterocycles. The van der Waals surface area contributed by atoms with Crippen LogP contribution in [0.25, 0.3) is 22.2 Å². The molecule has 0 atom stereocenters. The summed E-state index contributed by atoms with van der Waals surface area (Å²) in [4.78, 5) is 4.33. The van der Waals surface area contributed by atoms with Crippen molar-refractivity contribution in [3.63, 3.8) is 0 Å². The summed E-state index contributed by atoms with van der Waals surface area (Å²) in [6.07, 6.45) is 0. The second-order valence-corrected chi connectivity index (χ2v) is 4.68. The number of halogens is 2. The predicted molar refractivity (Wildman–Crippen MR) is 76.6 cm³/mol. The number of pyridine rings is 1. The largest absolute Gasteiger partial charge is 0.398 e. The first-order valence-electron chi connectivity index (χ1n) is 5.76. The SMILES string of the molecule is Nc1cc(-c2ccccc2)nc2c(F)cc(Cl)cc12. The quantitative estimate of drug-likeness (QED) is 0.718. The van der Waals surface area contributed by atoms with Gasteiger partial charge in [-0.3, -0.25) is 0 Å². The summed E-state index contributed by atoms with van der Waals surface area (Å²) in [5.74, 6) is -0.466. The maximum atomic E-state index is 13.9. The molecule has 2 aromatic carbocycles. The van der Waals surface area contributed by atoms with Gasteiger partial charge in [-0.25, -0.2) is 9.37 Å². The van der Waals surface area contributed by atoms with Crippen molar-refractivity contribution in [3.05, 3.63) is 59.4 Å². The number of hydrogen-bond donors (Lipinski definition) is 1. The number of nitrogen functional groups attached to an aromatic ring is 1. The van der Waals surface area contributed by atoms with Crippen LogP contribution in [-0.2, 0) is 0 Å². The van der Waals surface area contributed by atoms with Crippen LogP contribution in [0.3, 0.4) is 0 Å². The van der Waals surface area contributed by atoms with Gasteiger partial charge in [0.1, 0.15) is 5.52 Å². The maximum Gasteiger partial charge on any atom is 0.151 e. The Morgan fingerprint density at radius 1 is 1.05 bits per heavy atom. The minimum atomic E-state index is -0.466. The molecule has 94 valence electrons. The van der Waals surface area contributed by atoms with E-state index in [0.29, 0.717) is 21.8 Å². The van der Waals surface area contributed by atoms with Gasteiger partial charge in [0.25, 0.3) is 0 Å². The fourth-order valence-corrected chi connectivity index (χ4v) is 2.24. The third-order valence-electron chi connectivity index (χ3n) is 2.93. The number of aromatic nitrogens is 1. The molecule has 0 unspecified atom stereocenters. The summed E-state index contributed by atoms with van der Waals surface area (Å²) in [5.41, 5.74) is 8.21. The zero-order valence-corrected chi connectivity index (χ0v) is 10.7. The van der Waals surface area contributed by atoms with Crippen LogP contribution in [0.2, 0.25) is 5.02 Å². The molecule has 0 bridgehead atoms. The molecule has 0 aliphatic carbocycles. The van der Waals surface area contributed by atoms with Gasteiger partial charge in [-0.05, 0) is 18.2 Å². The zero-order chi connectivity index (χ0) is 13.4. The number of anilines is 1. The van der Waals surface area contributed by atoms with E-state index >= 15 is 0 Å². The molecule has 2 N–H and O–H groups in total. The lowest BCUT2D eigenvalue weighted by molar-refractivity contribution is 0.637. The molecule has 0 aliphatic heterocycles. The lowest BCUT2D eigenvalue weighted by Gasteiger charge is -2.07. The minimum Gasteiger partial charge on any atom is -0.398 e. The molecule has 19 heavy (non-hydrogen) atoms. The van der Waals surface area contributed by atoms with E-state index < -0.39 is 5.82 Å². The predicted octanol–water partition coefficient (Wildman–Crippen LogP) is 4.28. The van der Waals surface area contributed by atoms with Crippen molar-refractivity contribution < 1.29 is 4.39 Å². The molecule has 0 radical (unpaired) electrons. The Kier molecular flexibility index (Phi) is 2.84. The summed E-state index contributed by atoms with van der Waals surface area (Å²) < 4.78 is 13.9. The highest BCUT2D eigenvalue weighted by molar-refractivity contribution is 6.31. The van der Waals surface area contributed by atoms with Crippen LogP contribution in [0, 0.1) is 5.82 Å². The van der Waals surface area contributed by atoms with Gasteiger partial charge in [-0.2, -0.15) is 0 Å². The molecule has 1 aromatic heterocycles. The van der Waals surface area contributed by atoms with Crippen molar-refractivity contribution >= 4 is 28.2 Å². The highest BCUT2D eigenvalue weighted by Gasteiger charge is 2.10. The monoisotopic (exact) mass is 272 g/mol. The first-order valence-corrected chi connectivity index (χ1v) is 6.13. The number of fused-ring (bicyclic) bond motifs is 1. The van der Waals surface area contributed by atoms with Gasteiger partial charge in [-0.15, -0.1) is 0 Å². The van der Waals surface area contributed by atoms with Crippen molar-refractivity contribution in [1.29, 1.82) is 0 Å². The first-order chi connectivity index (χ1) is 9.15. The highest BCUT2D eigenvalue weighted by atomic mass is 35.5. The van der Waals surface area contributed by atoms with Crippen LogP contribution in [0.4, 0.5) is 10.1 Å². The van der Waals surface area contributed by atoms with Crippen molar-refractivity contribution in [3.8, 4) is 11.3 Å². The van der Waals surface area contributed by atoms with Gasteiger partial charge < -0.3 is 5.73 Å². The number of nitrogens with two attached hydrogens (primary N) is 1. The van der Waals surface area contributed by atoms with Crippen molar-refractivity contribution in [2.45, 2.75) is 0 Å². The molecule has 3 aromatic rings. The molecule has 0 aliphatic rings. The Balaban J connectivity index is 2.31. The molecule has 0 fully saturated rings. The van der Waals surface area contributed by atoms with Crippen LogP contribution in [0.1, 0.15) is 0 Å². The van der Waals surface area contributed by atoms with Crippen molar-refractivity contribution in [1.82, 2.24) is 4.98 Å². The summed E-state index contributed by atoms with van der Waals surface area (Å²) >= 11 is 5.83. The highest BCUT2D eigenvalue weighted by Crippen LogP contribution is 2.30. The van der Waals surface area contributed by atoms with Crippen molar-refractivity contribution in [2.75, 3.05) is 5.73 Å². The van der Waals surface area contributed by atoms with Crippen LogP contribution in [-0.4, -0.2) is 4.98 Å². The van der Waals surface area contributed by atoms with Crippen LogP contribution in [0.15, 0.2) is 48.5 Å². The normalized spacial score (nSPS) is 10.8. The average Bonchev–Trinajstić information content (AvgIpc) is 2.41. The Hall–Kier alpha value is -2.13. The van der Waals surface area contributed by atoms with Gasteiger partial charge >= 0.3 is 0 Å². The van der Waals surface area contributed by atoms with Gasteiger partial charge in [-0.1, -0.05) is 41.9 Å². The topological polar surface area (TPSA) is 38.9 Å². The molecule has 3 rings (SSSR count). The van der Waals surface area contributed by atoms with Crippen LogP contribution in [0.5, 0.6) is 0 Å². The van der Waals surface area contributed by atoms with Gasteiger partial charge in [0.15, 0.2) is 5.82 Å². The third-order valence-corrected chi connectivity index (χ3v) is 3.15. The Morgan fingerprint density at radius 2 is 1.79 bits per heavy atom. The number of rotatable bonds is 1. The summed E-state index contributed by atoms with van der Waals surface area (Å²) in [6.45, 7) is 0. The van der Waals surface area contributed by atoms with E-state index in [2.05, 4.69) is 4.98 Å². The van der Waals surface area contributed by atoms with Crippen molar-refractivity contribution in [2.24, 2.45) is 0 Å². The lowest BCUT2D eigenvalue weighted by Crippen LogP contribution is -1.95. The fraction of sp³-hybridized carbons (Fsp3) is 0. The molecule has 2 nitrogen and oxygen atoms in total. The average molecular weight is 273 g/mol. The molecule has 0 spiro atoms. The molecule has 4 heteroatoms. The standard InChI is InChI=1S/C15H10ClFN2/c16-10-6-11-13(18)8-14(9-4-2-1-3-5-9)19-15(11)12(17)7-10/h1-8H,(H2,18,19). The Bertz CT molecular complexity index is 757. The van der Waals surface area contributed by atoms with E-state index in [0.717, 1.165) is 5.56 Å². The van der Waals surface area contributed by atoms with E-state index in [9.17, 15) is 4.39 Å². The van der Waals surface area contributed by atoms with E-state index in [1.54, 1.807) is 12.1 Å². The van der Waals surface area contributed by atoms with E-state index in [-0.39, 0.29) is 5.52 Å². The summed E-state index contributed by atoms with van der Waals surface area (Å²) in [7, 11) is 0. The van der Waals surface area contributed by atoms with Crippen LogP contribution >= 0.6 is 11.6 Å². The third kappa shape index (κ3) is 2.13. The molecule has 0 saturated carbocycles. The van der Waals surface area contributed by atoms with Gasteiger partial charge in [0.2, 0.25) is 0 Å². The van der Waals surface area contributed by atoms with E-state index in [1.165, 1.54) is 6.07 Å². The number of benzene rings is 2. The zero-order valence-electron chi connectivity index (χ0n) is 9.90. The van der Waals surface area contributed by atoms with E-state index in [4.69, 9.17) is 17.3 Å². The van der Waals surface area contributed by atoms with Gasteiger partial charge in [0, 0.05) is 21.7 Å². The lowest BCUT2D eigenvalue weighted by atomic mass is 10.1. The summed E-state index contributed by atoms with van der Waals surface area (Å²) in [6, 6.07) is 14.1. The Morgan fingerprint density at radius 3 is 2.53 bits per heavy atom. The van der Waals surface area contributed by atoms with Gasteiger partial charge in [0.05, 0.1) is 5.69 Å². The maximum absolute atomic E-state index is 13.9. The summed E-state index contributed by atoms with van der Waals surface area (Å²) in [5, 5.41) is 0.843. The molecular formula is C15H10ClFN2. The molecule has 0 amide bonds.